The molecule has 1 saturated carbocycles. The lowest BCUT2D eigenvalue weighted by atomic mass is 9.70. The number of hydrogen-bond acceptors (Lipinski definition) is 2. The minimum absolute atomic E-state index is 0.547. The summed E-state index contributed by atoms with van der Waals surface area (Å²) in [6, 6.07) is 0.700. The van der Waals surface area contributed by atoms with Crippen LogP contribution in [0.5, 0.6) is 0 Å². The van der Waals surface area contributed by atoms with Crippen LogP contribution >= 0.6 is 0 Å². The minimum Gasteiger partial charge on any atom is -0.380 e. The number of nitrogens with one attached hydrogen (secondary N) is 1. The van der Waals surface area contributed by atoms with Gasteiger partial charge in [-0.15, -0.1) is 0 Å². The molecule has 2 heteroatoms. The zero-order chi connectivity index (χ0) is 12.9. The largest absolute Gasteiger partial charge is 0.380 e. The van der Waals surface area contributed by atoms with Crippen LogP contribution in [0.2, 0.25) is 0 Å². The molecule has 0 radical (unpaired) electrons. The van der Waals surface area contributed by atoms with Gasteiger partial charge in [0.15, 0.2) is 0 Å². The fourth-order valence-corrected chi connectivity index (χ4v) is 2.89. The molecule has 1 rings (SSSR count). The van der Waals surface area contributed by atoms with Gasteiger partial charge in [-0.05, 0) is 36.5 Å². The fraction of sp³-hybridized carbons (Fsp3) is 1.00. The number of rotatable bonds is 6. The molecule has 2 nitrogen and oxygen atoms in total. The molecule has 1 fully saturated rings. The molecule has 0 aliphatic heterocycles. The van der Waals surface area contributed by atoms with E-state index < -0.39 is 0 Å². The highest BCUT2D eigenvalue weighted by molar-refractivity contribution is 4.86. The fourth-order valence-electron chi connectivity index (χ4n) is 2.89. The summed E-state index contributed by atoms with van der Waals surface area (Å²) in [6.07, 6.45) is 4.01. The van der Waals surface area contributed by atoms with Crippen molar-refractivity contribution < 1.29 is 4.74 Å². The Morgan fingerprint density at radius 1 is 1.35 bits per heavy atom. The van der Waals surface area contributed by atoms with Crippen LogP contribution in [-0.2, 0) is 4.74 Å². The summed E-state index contributed by atoms with van der Waals surface area (Å²) in [5, 5.41) is 3.66. The Kier molecular flexibility index (Phi) is 5.94. The van der Waals surface area contributed by atoms with Gasteiger partial charge in [-0.2, -0.15) is 0 Å². The van der Waals surface area contributed by atoms with Crippen molar-refractivity contribution in [3.8, 4) is 0 Å². The molecule has 0 aromatic rings. The minimum atomic E-state index is 0.547. The zero-order valence-corrected chi connectivity index (χ0v) is 12.4. The maximum absolute atomic E-state index is 5.60. The molecule has 0 heterocycles. The molecular weight excluding hydrogens is 210 g/mol. The van der Waals surface area contributed by atoms with Crippen LogP contribution in [0.4, 0.5) is 0 Å². The van der Waals surface area contributed by atoms with Crippen molar-refractivity contribution in [1.29, 1.82) is 0 Å². The van der Waals surface area contributed by atoms with Crippen LogP contribution < -0.4 is 5.32 Å². The molecule has 17 heavy (non-hydrogen) atoms. The molecule has 102 valence electrons. The Hall–Kier alpha value is -0.0800. The third kappa shape index (κ3) is 5.87. The van der Waals surface area contributed by atoms with Gasteiger partial charge in [0.2, 0.25) is 0 Å². The lowest BCUT2D eigenvalue weighted by molar-refractivity contribution is 0.0988. The molecule has 1 N–H and O–H groups in total. The normalized spacial score (nSPS) is 28.6. The third-order valence-corrected chi connectivity index (χ3v) is 3.80. The van der Waals surface area contributed by atoms with E-state index in [1.54, 1.807) is 0 Å². The van der Waals surface area contributed by atoms with Gasteiger partial charge in [0.25, 0.3) is 0 Å². The number of hydrogen-bond donors (Lipinski definition) is 1. The first-order chi connectivity index (χ1) is 7.91. The van der Waals surface area contributed by atoms with Crippen LogP contribution in [0.1, 0.15) is 53.9 Å². The highest BCUT2D eigenvalue weighted by atomic mass is 16.5. The quantitative estimate of drug-likeness (QED) is 0.719. The second-order valence-corrected chi connectivity index (χ2v) is 6.91. The molecule has 0 spiro atoms. The molecule has 0 aromatic heterocycles. The van der Waals surface area contributed by atoms with E-state index in [2.05, 4.69) is 39.9 Å². The van der Waals surface area contributed by atoms with Crippen molar-refractivity contribution >= 4 is 0 Å². The smallest absolute Gasteiger partial charge is 0.0591 e. The van der Waals surface area contributed by atoms with Crippen molar-refractivity contribution in [2.24, 2.45) is 17.3 Å². The molecule has 0 amide bonds. The van der Waals surface area contributed by atoms with E-state index in [0.29, 0.717) is 17.4 Å². The maximum Gasteiger partial charge on any atom is 0.0591 e. The van der Waals surface area contributed by atoms with E-state index in [0.717, 1.165) is 25.7 Å². The topological polar surface area (TPSA) is 21.3 Å². The molecule has 0 saturated heterocycles. The molecule has 2 atom stereocenters. The Labute approximate surface area is 108 Å². The van der Waals surface area contributed by atoms with Crippen molar-refractivity contribution in [2.75, 3.05) is 19.8 Å². The maximum atomic E-state index is 5.60. The van der Waals surface area contributed by atoms with Gasteiger partial charge in [0, 0.05) is 19.2 Å². The van der Waals surface area contributed by atoms with Crippen LogP contribution in [0, 0.1) is 17.3 Å². The van der Waals surface area contributed by atoms with Crippen molar-refractivity contribution in [3.05, 3.63) is 0 Å². The molecule has 1 aliphatic rings. The second kappa shape index (κ2) is 6.75. The summed E-state index contributed by atoms with van der Waals surface area (Å²) < 4.78 is 5.60. The Morgan fingerprint density at radius 3 is 2.65 bits per heavy atom. The van der Waals surface area contributed by atoms with E-state index in [-0.39, 0.29) is 0 Å². The summed E-state index contributed by atoms with van der Waals surface area (Å²) in [5.74, 6) is 1.44. The molecule has 2 unspecified atom stereocenters. The van der Waals surface area contributed by atoms with Crippen LogP contribution in [-0.4, -0.2) is 25.8 Å². The molecular formula is C15H31NO. The van der Waals surface area contributed by atoms with Gasteiger partial charge >= 0.3 is 0 Å². The summed E-state index contributed by atoms with van der Waals surface area (Å²) in [4.78, 5) is 0. The van der Waals surface area contributed by atoms with Gasteiger partial charge in [-0.25, -0.2) is 0 Å². The van der Waals surface area contributed by atoms with Crippen LogP contribution in [0.15, 0.2) is 0 Å². The molecule has 1 aliphatic carbocycles. The SMILES string of the molecule is CC(C)COCCNC1CCC(C)(C)CC1C. The van der Waals surface area contributed by atoms with Gasteiger partial charge in [-0.1, -0.05) is 34.6 Å². The van der Waals surface area contributed by atoms with Gasteiger partial charge < -0.3 is 10.1 Å². The van der Waals surface area contributed by atoms with Crippen LogP contribution in [0.3, 0.4) is 0 Å². The summed E-state index contributed by atoms with van der Waals surface area (Å²) in [7, 11) is 0. The lowest BCUT2D eigenvalue weighted by Crippen LogP contribution is -2.42. The Bertz CT molecular complexity index is 213. The van der Waals surface area contributed by atoms with E-state index in [1.807, 2.05) is 0 Å². The Balaban J connectivity index is 2.12. The van der Waals surface area contributed by atoms with E-state index in [1.165, 1.54) is 19.3 Å². The highest BCUT2D eigenvalue weighted by Gasteiger charge is 2.31. The third-order valence-electron chi connectivity index (χ3n) is 3.80. The van der Waals surface area contributed by atoms with Crippen LogP contribution in [0.25, 0.3) is 0 Å². The predicted octanol–water partition coefficient (Wildman–Crippen LogP) is 3.46. The molecule has 0 bridgehead atoms. The van der Waals surface area contributed by atoms with E-state index >= 15 is 0 Å². The first-order valence-electron chi connectivity index (χ1n) is 7.22. The van der Waals surface area contributed by atoms with Gasteiger partial charge in [0.05, 0.1) is 6.61 Å². The summed E-state index contributed by atoms with van der Waals surface area (Å²) >= 11 is 0. The lowest BCUT2D eigenvalue weighted by Gasteiger charge is -2.39. The average Bonchev–Trinajstić information content (AvgIpc) is 2.19. The van der Waals surface area contributed by atoms with Gasteiger partial charge in [-0.3, -0.25) is 0 Å². The average molecular weight is 241 g/mol. The monoisotopic (exact) mass is 241 g/mol. The van der Waals surface area contributed by atoms with Crippen molar-refractivity contribution in [2.45, 2.75) is 59.9 Å². The van der Waals surface area contributed by atoms with E-state index in [9.17, 15) is 0 Å². The predicted molar refractivity (Wildman–Crippen MR) is 74.2 cm³/mol. The zero-order valence-electron chi connectivity index (χ0n) is 12.4. The first kappa shape index (κ1) is 15.0. The standard InChI is InChI=1S/C15H31NO/c1-12(2)11-17-9-8-16-14-6-7-15(4,5)10-13(14)3/h12-14,16H,6-11H2,1-5H3. The summed E-state index contributed by atoms with van der Waals surface area (Å²) in [6.45, 7) is 14.3. The second-order valence-electron chi connectivity index (χ2n) is 6.91. The van der Waals surface area contributed by atoms with Crippen molar-refractivity contribution in [3.63, 3.8) is 0 Å². The number of ether oxygens (including phenoxy) is 1. The van der Waals surface area contributed by atoms with Gasteiger partial charge in [0.1, 0.15) is 0 Å². The summed E-state index contributed by atoms with van der Waals surface area (Å²) in [5.41, 5.74) is 0.547. The van der Waals surface area contributed by atoms with E-state index in [4.69, 9.17) is 4.74 Å². The highest BCUT2D eigenvalue weighted by Crippen LogP contribution is 2.38. The Morgan fingerprint density at radius 2 is 2.06 bits per heavy atom. The van der Waals surface area contributed by atoms with Crippen molar-refractivity contribution in [1.82, 2.24) is 5.32 Å². The molecule has 0 aromatic carbocycles. The first-order valence-corrected chi connectivity index (χ1v) is 7.22.